The minimum absolute atomic E-state index is 0. The lowest BCUT2D eigenvalue weighted by Crippen LogP contribution is -3.00. The van der Waals surface area contributed by atoms with Gasteiger partial charge in [0, 0.05) is 24.0 Å². The quantitative estimate of drug-likeness (QED) is 0.127. The number of nitrogens with zero attached hydrogens (tertiary/aromatic N) is 8. The molecule has 0 unspecified atom stereocenters. The Labute approximate surface area is 391 Å². The lowest BCUT2D eigenvalue weighted by Gasteiger charge is -2.25. The maximum Gasteiger partial charge on any atom is 0.307 e. The third-order valence-electron chi connectivity index (χ3n) is 10.9. The summed E-state index contributed by atoms with van der Waals surface area (Å²) in [6.45, 7) is 13.1. The van der Waals surface area contributed by atoms with Crippen LogP contribution < -0.4 is 34.2 Å². The number of nitrogens with two attached hydrogens (primary N) is 2. The van der Waals surface area contributed by atoms with Crippen molar-refractivity contribution in [2.45, 2.75) is 85.7 Å². The molecule has 0 fully saturated rings. The second-order valence-corrected chi connectivity index (χ2v) is 16.8. The summed E-state index contributed by atoms with van der Waals surface area (Å²) in [6, 6.07) is 35.3. The number of ketones is 1. The summed E-state index contributed by atoms with van der Waals surface area (Å²) in [4.78, 5) is 40.0. The highest BCUT2D eigenvalue weighted by molar-refractivity contribution is 5.99. The third kappa shape index (κ3) is 12.5. The first-order valence-electron chi connectivity index (χ1n) is 20.8. The van der Waals surface area contributed by atoms with Crippen molar-refractivity contribution in [2.24, 2.45) is 0 Å². The van der Waals surface area contributed by atoms with Crippen molar-refractivity contribution in [1.82, 2.24) is 39.5 Å². The highest BCUT2D eigenvalue weighted by Gasteiger charge is 2.29. The van der Waals surface area contributed by atoms with E-state index in [9.17, 15) is 9.59 Å². The van der Waals surface area contributed by atoms with E-state index in [2.05, 4.69) is 72.4 Å². The summed E-state index contributed by atoms with van der Waals surface area (Å²) >= 11 is 0. The molecular weight excluding hydrogens is 883 g/mol. The van der Waals surface area contributed by atoms with Crippen LogP contribution in [-0.2, 0) is 33.5 Å². The van der Waals surface area contributed by atoms with Crippen molar-refractivity contribution >= 4 is 45.5 Å². The van der Waals surface area contributed by atoms with Crippen LogP contribution in [0.2, 0.25) is 0 Å². The van der Waals surface area contributed by atoms with E-state index < -0.39 is 11.5 Å². The first-order valence-corrected chi connectivity index (χ1v) is 20.8. The summed E-state index contributed by atoms with van der Waals surface area (Å²) < 4.78 is 3.80. The number of hydrogen-bond donors (Lipinski definition) is 4. The number of aliphatic carboxylic acids is 1. The Balaban J connectivity index is 0.000000237. The smallest absolute Gasteiger partial charge is 0.307 e. The number of Topliss-reactive ketones (excluding diaryl/α,β-unsaturated/α-hetero) is 1. The average Bonchev–Trinajstić information content (AvgIpc) is 3.87. The van der Waals surface area contributed by atoms with E-state index >= 15 is 0 Å². The molecule has 0 amide bonds. The van der Waals surface area contributed by atoms with Crippen LogP contribution >= 0.6 is 0 Å². The number of anilines is 2. The Morgan fingerprint density at radius 1 is 0.615 bits per heavy atom. The number of benzene rings is 4. The SMILES string of the molecule is C.Cc1ccc(-c2nn(C(C)(C)CCC(=O)Cc3ccccc3)c3ncnc(N)c23)cc1.Cc1ccc(-c2nn(C(C)(C)C[NH3+])c3ncnc(N)c23)cc1.O=C(O)Cc1ccccc1.[Br-]. The Bertz CT molecular complexity index is 2810. The minimum atomic E-state index is -0.786. The Kier molecular flexibility index (Phi) is 17.3. The molecule has 0 bridgehead atoms. The number of carboxylic acids is 1. The summed E-state index contributed by atoms with van der Waals surface area (Å²) in [6.07, 6.45) is 4.61. The van der Waals surface area contributed by atoms with E-state index in [-0.39, 0.29) is 42.2 Å². The lowest BCUT2D eigenvalue weighted by atomic mass is 9.95. The Hall–Kier alpha value is -6.84. The van der Waals surface area contributed by atoms with Gasteiger partial charge in [0.1, 0.15) is 47.0 Å². The predicted molar refractivity (Wildman–Crippen MR) is 255 cm³/mol. The zero-order valence-electron chi connectivity index (χ0n) is 37.2. The zero-order valence-corrected chi connectivity index (χ0v) is 38.7. The van der Waals surface area contributed by atoms with E-state index in [1.54, 1.807) is 12.1 Å². The predicted octanol–water partition coefficient (Wildman–Crippen LogP) is 5.03. The highest BCUT2D eigenvalue weighted by atomic mass is 79.9. The molecule has 0 spiro atoms. The molecule has 0 atom stereocenters. The first kappa shape index (κ1) is 50.8. The third-order valence-corrected chi connectivity index (χ3v) is 10.9. The van der Waals surface area contributed by atoms with Gasteiger partial charge in [0.2, 0.25) is 0 Å². The number of quaternary nitrogens is 1. The van der Waals surface area contributed by atoms with Crippen molar-refractivity contribution in [3.63, 3.8) is 0 Å². The molecule has 0 radical (unpaired) electrons. The van der Waals surface area contributed by atoms with Crippen molar-refractivity contribution in [2.75, 3.05) is 18.0 Å². The van der Waals surface area contributed by atoms with Crippen LogP contribution in [0.1, 0.15) is 70.2 Å². The number of aromatic nitrogens is 8. The van der Waals surface area contributed by atoms with Crippen LogP contribution in [0.25, 0.3) is 44.6 Å². The van der Waals surface area contributed by atoms with Crippen LogP contribution in [0.3, 0.4) is 0 Å². The van der Waals surface area contributed by atoms with Crippen molar-refractivity contribution in [3.05, 3.63) is 144 Å². The Morgan fingerprint density at radius 3 is 1.42 bits per heavy atom. The molecule has 8 rings (SSSR count). The van der Waals surface area contributed by atoms with Gasteiger partial charge in [-0.2, -0.15) is 10.2 Å². The number of nitrogen functional groups attached to an aromatic ring is 2. The molecule has 8 N–H and O–H groups in total. The number of hydrogen-bond acceptors (Lipinski definition) is 10. The van der Waals surface area contributed by atoms with E-state index in [4.69, 9.17) is 26.8 Å². The normalized spacial score (nSPS) is 11.1. The number of carbonyl (C=O) groups excluding carboxylic acids is 1. The van der Waals surface area contributed by atoms with E-state index in [1.165, 1.54) is 23.8 Å². The number of carboxylic acid groups (broad SMARTS) is 1. The van der Waals surface area contributed by atoms with Crippen LogP contribution in [0, 0.1) is 13.8 Å². The summed E-state index contributed by atoms with van der Waals surface area (Å²) in [5, 5.41) is 19.6. The zero-order chi connectivity index (χ0) is 45.3. The molecule has 0 aliphatic rings. The van der Waals surface area contributed by atoms with E-state index in [0.717, 1.165) is 50.1 Å². The van der Waals surface area contributed by atoms with Gasteiger partial charge in [0.05, 0.1) is 29.3 Å². The largest absolute Gasteiger partial charge is 1.00 e. The molecule has 4 aromatic carbocycles. The van der Waals surface area contributed by atoms with Gasteiger partial charge >= 0.3 is 5.97 Å². The van der Waals surface area contributed by atoms with Crippen molar-refractivity contribution < 1.29 is 37.4 Å². The van der Waals surface area contributed by atoms with Crippen LogP contribution in [0.15, 0.2) is 122 Å². The van der Waals surface area contributed by atoms with Crippen LogP contribution in [0.5, 0.6) is 0 Å². The summed E-state index contributed by atoms with van der Waals surface area (Å²) in [5.74, 6) is 0.282. The molecule has 340 valence electrons. The Morgan fingerprint density at radius 2 is 1.02 bits per heavy atom. The number of carbonyl (C=O) groups is 2. The molecule has 8 aromatic rings. The van der Waals surface area contributed by atoms with Gasteiger partial charge in [-0.1, -0.05) is 128 Å². The fourth-order valence-electron chi connectivity index (χ4n) is 6.96. The van der Waals surface area contributed by atoms with Gasteiger partial charge in [-0.05, 0) is 59.1 Å². The fourth-order valence-corrected chi connectivity index (χ4v) is 6.96. The second-order valence-electron chi connectivity index (χ2n) is 16.8. The number of halogens is 1. The van der Waals surface area contributed by atoms with Gasteiger partial charge in [-0.25, -0.2) is 29.3 Å². The van der Waals surface area contributed by atoms with Crippen molar-refractivity contribution in [3.8, 4) is 22.5 Å². The summed E-state index contributed by atoms with van der Waals surface area (Å²) in [5.41, 5.74) is 24.9. The molecule has 65 heavy (non-hydrogen) atoms. The van der Waals surface area contributed by atoms with Crippen LogP contribution in [-0.4, -0.2) is 62.9 Å². The number of aryl methyl sites for hydroxylation is 2. The number of fused-ring (bicyclic) bond motifs is 2. The standard InChI is InChI=1S/C25H27N5O.C16H20N6.C8H8O2.CH4.BrH/c1-17-9-11-19(12-10-17)22-21-23(26)27-16-28-24(21)30(29-22)25(2,3)14-13-20(31)15-18-7-5-4-6-8-18;1-10-4-6-11(7-5-10)13-12-14(18)19-9-20-15(12)22(21-13)16(2,3)8-17;9-8(10)6-7-4-2-1-3-5-7;;/h4-12,16H,13-15H2,1-3H3,(H2,26,27,28);4-7,9H,8,17H2,1-3H3,(H2,18,19,20);1-5H,6H2,(H,9,10);1H4;1H. The van der Waals surface area contributed by atoms with Gasteiger partial charge in [-0.15, -0.1) is 0 Å². The van der Waals surface area contributed by atoms with Gasteiger partial charge < -0.3 is 39.3 Å². The van der Waals surface area contributed by atoms with Gasteiger partial charge in [-0.3, -0.25) is 9.59 Å². The number of rotatable bonds is 12. The molecule has 0 aliphatic heterocycles. The second kappa shape index (κ2) is 22.2. The maximum absolute atomic E-state index is 12.6. The lowest BCUT2D eigenvalue weighted by molar-refractivity contribution is -0.386. The molecule has 0 aliphatic carbocycles. The van der Waals surface area contributed by atoms with Crippen LogP contribution in [0.4, 0.5) is 11.6 Å². The summed E-state index contributed by atoms with van der Waals surface area (Å²) in [7, 11) is 0. The molecule has 4 heterocycles. The molecule has 14 nitrogen and oxygen atoms in total. The maximum atomic E-state index is 12.6. The topological polar surface area (TPSA) is 221 Å². The molecule has 0 saturated carbocycles. The van der Waals surface area contributed by atoms with Gasteiger partial charge in [0.25, 0.3) is 0 Å². The minimum Gasteiger partial charge on any atom is -1.00 e. The molecular formula is C50H60BrN11O3. The molecule has 15 heteroatoms. The average molecular weight is 943 g/mol. The van der Waals surface area contributed by atoms with Gasteiger partial charge in [0.15, 0.2) is 11.3 Å². The fraction of sp³-hybridized carbons (Fsp3) is 0.280. The first-order chi connectivity index (χ1) is 30.1. The monoisotopic (exact) mass is 941 g/mol. The molecule has 0 saturated heterocycles. The highest BCUT2D eigenvalue weighted by Crippen LogP contribution is 2.35. The van der Waals surface area contributed by atoms with Crippen molar-refractivity contribution in [1.29, 1.82) is 0 Å². The molecule has 4 aromatic heterocycles. The van der Waals surface area contributed by atoms with E-state index in [0.29, 0.717) is 43.1 Å². The van der Waals surface area contributed by atoms with E-state index in [1.807, 2.05) is 101 Å².